The van der Waals surface area contributed by atoms with Crippen LogP contribution < -0.4 is 20.9 Å². The smallest absolute Gasteiger partial charge is 0.416 e. The fourth-order valence-corrected chi connectivity index (χ4v) is 5.51. The molecule has 1 aliphatic rings. The summed E-state index contributed by atoms with van der Waals surface area (Å²) in [6, 6.07) is 7.34. The second kappa shape index (κ2) is 13.9. The largest absolute Gasteiger partial charge is 0.497 e. The summed E-state index contributed by atoms with van der Waals surface area (Å²) in [5.41, 5.74) is -0.686. The lowest BCUT2D eigenvalue weighted by atomic mass is 10.0. The van der Waals surface area contributed by atoms with Crippen LogP contribution in [0.2, 0.25) is 5.02 Å². The quantitative estimate of drug-likeness (QED) is 0.210. The minimum atomic E-state index is -4.62. The number of ether oxygens (including phenoxy) is 3. The Morgan fingerprint density at radius 2 is 1.84 bits per heavy atom. The van der Waals surface area contributed by atoms with Gasteiger partial charge in [-0.15, -0.1) is 5.10 Å². The molecule has 260 valence electrons. The van der Waals surface area contributed by atoms with Crippen molar-refractivity contribution >= 4 is 46.3 Å². The Kier molecular flexibility index (Phi) is 10.1. The number of hydrogen-bond donors (Lipinski definition) is 2. The van der Waals surface area contributed by atoms with Crippen LogP contribution in [-0.4, -0.2) is 57.1 Å². The number of anilines is 2. The van der Waals surface area contributed by atoms with E-state index in [1.807, 2.05) is 0 Å². The van der Waals surface area contributed by atoms with Gasteiger partial charge in [-0.2, -0.15) is 22.7 Å². The molecule has 0 spiro atoms. The van der Waals surface area contributed by atoms with Crippen molar-refractivity contribution in [3.63, 3.8) is 0 Å². The number of halogens is 4. The van der Waals surface area contributed by atoms with Crippen LogP contribution in [0, 0.1) is 0 Å². The molecule has 2 amide bonds. The molecule has 0 unspecified atom stereocenters. The number of aromatic nitrogens is 4. The van der Waals surface area contributed by atoms with E-state index >= 15 is 0 Å². The van der Waals surface area contributed by atoms with E-state index in [-0.39, 0.29) is 45.5 Å². The second-order valence-electron chi connectivity index (χ2n) is 12.0. The number of alkyl halides is 3. The summed E-state index contributed by atoms with van der Waals surface area (Å²) < 4.78 is 58.4. The fraction of sp³-hybridized carbons (Fsp3) is 0.364. The lowest BCUT2D eigenvalue weighted by Gasteiger charge is -2.22. The first-order valence-corrected chi connectivity index (χ1v) is 15.6. The number of rotatable bonds is 8. The van der Waals surface area contributed by atoms with Gasteiger partial charge in [0, 0.05) is 17.3 Å². The second-order valence-corrected chi connectivity index (χ2v) is 12.5. The van der Waals surface area contributed by atoms with E-state index in [1.54, 1.807) is 45.9 Å². The highest BCUT2D eigenvalue weighted by molar-refractivity contribution is 6.33. The first kappa shape index (κ1) is 35.4. The molecule has 0 saturated heterocycles. The Morgan fingerprint density at radius 1 is 1.08 bits per heavy atom. The molecule has 1 aliphatic heterocycles. The van der Waals surface area contributed by atoms with E-state index in [2.05, 4.69) is 20.7 Å². The summed E-state index contributed by atoms with van der Waals surface area (Å²) in [5, 5.41) is 9.48. The zero-order valence-corrected chi connectivity index (χ0v) is 28.1. The molecule has 0 radical (unpaired) electrons. The van der Waals surface area contributed by atoms with Gasteiger partial charge in [-0.25, -0.2) is 4.79 Å². The highest BCUT2D eigenvalue weighted by atomic mass is 35.5. The molecule has 0 atom stereocenters. The van der Waals surface area contributed by atoms with Gasteiger partial charge in [-0.1, -0.05) is 24.6 Å². The number of fused-ring (bicyclic) bond motifs is 1. The van der Waals surface area contributed by atoms with Gasteiger partial charge in [0.25, 0.3) is 5.56 Å². The Hall–Kier alpha value is -4.89. The van der Waals surface area contributed by atoms with E-state index in [0.29, 0.717) is 31.1 Å². The Bertz CT molecular complexity index is 2010. The number of amides is 2. The first-order valence-electron chi connectivity index (χ1n) is 15.2. The minimum absolute atomic E-state index is 0.0384. The standard InChI is InChI=1S/C33H34ClF3N6O6/c1-6-25-27(21-9-8-20(47-5)16-24(21)39-31(46)49-32(2,3)4)29(45)43-30(40-28(41-43)18-11-13-48-14-12-18)42(25)17-26(44)38-23-10-7-19(15-22(23)34)33(35,36)37/h7-11,15-16H,6,12-14,17H2,1-5H3,(H,38,44)(H,39,46). The van der Waals surface area contributed by atoms with Crippen LogP contribution >= 0.6 is 11.6 Å². The van der Waals surface area contributed by atoms with Crippen molar-refractivity contribution in [2.45, 2.75) is 58.9 Å². The fourth-order valence-electron chi connectivity index (χ4n) is 5.28. The topological polar surface area (TPSA) is 138 Å². The Labute approximate surface area is 283 Å². The van der Waals surface area contributed by atoms with Crippen LogP contribution in [0.15, 0.2) is 47.3 Å². The van der Waals surface area contributed by atoms with Crippen molar-refractivity contribution in [2.24, 2.45) is 0 Å². The van der Waals surface area contributed by atoms with Gasteiger partial charge in [0.2, 0.25) is 11.7 Å². The van der Waals surface area contributed by atoms with E-state index in [1.165, 1.54) is 17.7 Å². The molecule has 2 aromatic carbocycles. The number of nitrogens with one attached hydrogen (secondary N) is 2. The predicted molar refractivity (Wildman–Crippen MR) is 177 cm³/mol. The molecule has 0 bridgehead atoms. The van der Waals surface area contributed by atoms with E-state index in [0.717, 1.165) is 28.3 Å². The van der Waals surface area contributed by atoms with Crippen LogP contribution in [0.3, 0.4) is 0 Å². The maximum Gasteiger partial charge on any atom is 0.416 e. The van der Waals surface area contributed by atoms with Crippen molar-refractivity contribution in [1.82, 2.24) is 19.2 Å². The summed E-state index contributed by atoms with van der Waals surface area (Å²) >= 11 is 6.11. The number of carbonyl (C=O) groups excluding carboxylic acids is 2. The molecule has 49 heavy (non-hydrogen) atoms. The minimum Gasteiger partial charge on any atom is -0.497 e. The number of carbonyl (C=O) groups is 2. The Morgan fingerprint density at radius 3 is 2.45 bits per heavy atom. The number of nitrogens with zero attached hydrogens (tertiary/aromatic N) is 4. The number of methoxy groups -OCH3 is 1. The van der Waals surface area contributed by atoms with Gasteiger partial charge in [0.1, 0.15) is 17.9 Å². The summed E-state index contributed by atoms with van der Waals surface area (Å²) in [6.45, 7) is 7.24. The SMILES string of the molecule is CCc1c(-c2ccc(OC)cc2NC(=O)OC(C)(C)C)c(=O)n2nc(C3=CCOCC3)nc2n1CC(=O)Nc1ccc(C(F)(F)F)cc1Cl. The Balaban J connectivity index is 1.67. The normalized spacial score (nSPS) is 13.6. The molecular formula is C33H34ClF3N6O6. The van der Waals surface area contributed by atoms with Gasteiger partial charge in [-0.3, -0.25) is 14.9 Å². The van der Waals surface area contributed by atoms with Crippen LogP contribution in [0.5, 0.6) is 5.75 Å². The van der Waals surface area contributed by atoms with Crippen LogP contribution in [0.1, 0.15) is 51.2 Å². The molecule has 0 saturated carbocycles. The zero-order chi connectivity index (χ0) is 35.7. The van der Waals surface area contributed by atoms with Gasteiger partial charge >= 0.3 is 12.3 Å². The van der Waals surface area contributed by atoms with Crippen LogP contribution in [0.4, 0.5) is 29.3 Å². The average molecular weight is 703 g/mol. The van der Waals surface area contributed by atoms with Crippen LogP contribution in [-0.2, 0) is 33.4 Å². The summed E-state index contributed by atoms with van der Waals surface area (Å²) in [4.78, 5) is 45.4. The molecular weight excluding hydrogens is 669 g/mol. The third kappa shape index (κ3) is 7.89. The maximum atomic E-state index is 14.3. The molecule has 0 fully saturated rings. The molecule has 16 heteroatoms. The average Bonchev–Trinajstić information content (AvgIpc) is 3.48. The first-order chi connectivity index (χ1) is 23.1. The van der Waals surface area contributed by atoms with Gasteiger partial charge in [0.05, 0.1) is 47.8 Å². The monoisotopic (exact) mass is 702 g/mol. The molecule has 5 rings (SSSR count). The van der Waals surface area contributed by atoms with Crippen LogP contribution in [0.25, 0.3) is 22.5 Å². The number of benzene rings is 2. The van der Waals surface area contributed by atoms with Crippen molar-refractivity contribution in [2.75, 3.05) is 31.0 Å². The van der Waals surface area contributed by atoms with E-state index in [9.17, 15) is 27.6 Å². The summed E-state index contributed by atoms with van der Waals surface area (Å²) in [7, 11) is 1.45. The van der Waals surface area contributed by atoms with Gasteiger partial charge < -0.3 is 24.1 Å². The molecule has 2 aromatic heterocycles. The third-order valence-electron chi connectivity index (χ3n) is 7.44. The van der Waals surface area contributed by atoms with Crippen molar-refractivity contribution in [3.05, 3.63) is 74.9 Å². The highest BCUT2D eigenvalue weighted by Crippen LogP contribution is 2.35. The molecule has 3 heterocycles. The van der Waals surface area contributed by atoms with Crippen molar-refractivity contribution < 1.29 is 37.0 Å². The molecule has 12 nitrogen and oxygen atoms in total. The lowest BCUT2D eigenvalue weighted by molar-refractivity contribution is -0.137. The summed E-state index contributed by atoms with van der Waals surface area (Å²) in [6.07, 6.45) is -2.88. The maximum absolute atomic E-state index is 14.3. The molecule has 2 N–H and O–H groups in total. The van der Waals surface area contributed by atoms with Gasteiger partial charge in [0.15, 0.2) is 5.82 Å². The molecule has 4 aromatic rings. The number of hydrogen-bond acceptors (Lipinski definition) is 8. The summed E-state index contributed by atoms with van der Waals surface area (Å²) in [5.74, 6) is 0.0410. The zero-order valence-electron chi connectivity index (χ0n) is 27.3. The third-order valence-corrected chi connectivity index (χ3v) is 7.75. The van der Waals surface area contributed by atoms with E-state index in [4.69, 9.17) is 25.8 Å². The van der Waals surface area contributed by atoms with Crippen molar-refractivity contribution in [3.8, 4) is 16.9 Å². The molecule has 0 aliphatic carbocycles. The highest BCUT2D eigenvalue weighted by Gasteiger charge is 2.31. The van der Waals surface area contributed by atoms with E-state index < -0.39 is 41.4 Å². The predicted octanol–water partition coefficient (Wildman–Crippen LogP) is 6.59. The van der Waals surface area contributed by atoms with Crippen molar-refractivity contribution in [1.29, 1.82) is 0 Å². The van der Waals surface area contributed by atoms with Gasteiger partial charge in [-0.05, 0) is 69.5 Å². The lowest BCUT2D eigenvalue weighted by Crippen LogP contribution is -2.30.